The molecule has 0 spiro atoms. The van der Waals surface area contributed by atoms with Crippen LogP contribution in [-0.4, -0.2) is 57.0 Å². The number of nitrogens with zero attached hydrogens (tertiary/aromatic N) is 3. The smallest absolute Gasteiger partial charge is 0.293 e. The summed E-state index contributed by atoms with van der Waals surface area (Å²) in [6, 6.07) is 4.23. The van der Waals surface area contributed by atoms with Crippen molar-refractivity contribution in [3.05, 3.63) is 28.3 Å². The van der Waals surface area contributed by atoms with Gasteiger partial charge in [0.05, 0.1) is 23.0 Å². The second-order valence-corrected chi connectivity index (χ2v) is 9.21. The van der Waals surface area contributed by atoms with E-state index in [1.807, 2.05) is 18.7 Å². The molecule has 0 amide bonds. The number of ether oxygens (including phenoxy) is 1. The lowest BCUT2D eigenvalue weighted by Gasteiger charge is -2.34. The second-order valence-electron chi connectivity index (χ2n) is 7.28. The van der Waals surface area contributed by atoms with E-state index >= 15 is 0 Å². The quantitative estimate of drug-likeness (QED) is 0.584. The molecule has 2 aliphatic heterocycles. The Morgan fingerprint density at radius 1 is 1.15 bits per heavy atom. The lowest BCUT2D eigenvalue weighted by atomic mass is 9.94. The average molecular weight is 383 g/mol. The van der Waals surface area contributed by atoms with Crippen LogP contribution in [0.1, 0.15) is 20.3 Å². The Morgan fingerprint density at radius 3 is 2.35 bits per heavy atom. The molecule has 2 fully saturated rings. The minimum atomic E-state index is -3.75. The van der Waals surface area contributed by atoms with E-state index in [9.17, 15) is 18.5 Å². The Hall–Kier alpha value is -1.71. The summed E-state index contributed by atoms with van der Waals surface area (Å²) in [5.41, 5.74) is 0.267. The van der Waals surface area contributed by atoms with Crippen molar-refractivity contribution in [1.82, 2.24) is 4.31 Å². The molecule has 2 atom stereocenters. The highest BCUT2D eigenvalue weighted by atomic mass is 32.2. The number of morpholine rings is 1. The van der Waals surface area contributed by atoms with Gasteiger partial charge in [-0.15, -0.1) is 0 Å². The number of hydrogen-bond acceptors (Lipinski definition) is 6. The fourth-order valence-corrected chi connectivity index (χ4v) is 5.53. The van der Waals surface area contributed by atoms with Gasteiger partial charge in [0.25, 0.3) is 5.69 Å². The zero-order valence-electron chi connectivity index (χ0n) is 15.1. The third kappa shape index (κ3) is 3.84. The molecule has 2 aliphatic rings. The Kier molecular flexibility index (Phi) is 5.50. The van der Waals surface area contributed by atoms with Crippen LogP contribution in [0, 0.1) is 22.0 Å². The molecular weight excluding hydrogens is 358 g/mol. The van der Waals surface area contributed by atoms with Gasteiger partial charge in [-0.3, -0.25) is 10.1 Å². The number of nitro groups is 1. The first-order valence-electron chi connectivity index (χ1n) is 8.90. The molecule has 0 saturated carbocycles. The van der Waals surface area contributed by atoms with Crippen LogP contribution in [0.3, 0.4) is 0 Å². The van der Waals surface area contributed by atoms with Crippen molar-refractivity contribution < 1.29 is 18.1 Å². The van der Waals surface area contributed by atoms with Crippen LogP contribution in [-0.2, 0) is 14.8 Å². The van der Waals surface area contributed by atoms with Crippen LogP contribution in [0.15, 0.2) is 23.1 Å². The number of hydrogen-bond donors (Lipinski definition) is 0. The SMILES string of the molecule is C[C@@H]1C[C@H](C)CN(S(=O)(=O)c2ccc(N3CCOCC3)c([N+](=O)[O-])c2)C1. The zero-order chi connectivity index (χ0) is 18.9. The van der Waals surface area contributed by atoms with Gasteiger partial charge >= 0.3 is 0 Å². The van der Waals surface area contributed by atoms with Crippen LogP contribution in [0.5, 0.6) is 0 Å². The predicted molar refractivity (Wildman–Crippen MR) is 97.8 cm³/mol. The predicted octanol–water partition coefficient (Wildman–Crippen LogP) is 2.10. The summed E-state index contributed by atoms with van der Waals surface area (Å²) in [7, 11) is -3.75. The molecule has 8 nitrogen and oxygen atoms in total. The van der Waals surface area contributed by atoms with Gasteiger partial charge in [-0.2, -0.15) is 4.31 Å². The highest BCUT2D eigenvalue weighted by molar-refractivity contribution is 7.89. The summed E-state index contributed by atoms with van der Waals surface area (Å²) < 4.78 is 32.8. The van der Waals surface area contributed by atoms with E-state index in [2.05, 4.69) is 0 Å². The summed E-state index contributed by atoms with van der Waals surface area (Å²) in [5.74, 6) is 0.548. The van der Waals surface area contributed by atoms with Crippen molar-refractivity contribution >= 4 is 21.4 Å². The number of benzene rings is 1. The Balaban J connectivity index is 1.94. The number of rotatable bonds is 4. The molecule has 2 saturated heterocycles. The molecule has 0 aliphatic carbocycles. The van der Waals surface area contributed by atoms with Crippen LogP contribution in [0.2, 0.25) is 0 Å². The highest BCUT2D eigenvalue weighted by Crippen LogP contribution is 2.33. The molecule has 3 rings (SSSR count). The number of anilines is 1. The maximum atomic E-state index is 13.0. The maximum Gasteiger partial charge on any atom is 0.293 e. The van der Waals surface area contributed by atoms with Crippen LogP contribution in [0.25, 0.3) is 0 Å². The molecule has 0 bridgehead atoms. The van der Waals surface area contributed by atoms with Gasteiger partial charge in [0.15, 0.2) is 0 Å². The van der Waals surface area contributed by atoms with Gasteiger partial charge in [-0.25, -0.2) is 8.42 Å². The Morgan fingerprint density at radius 2 is 1.77 bits per heavy atom. The largest absolute Gasteiger partial charge is 0.378 e. The molecule has 1 aromatic carbocycles. The van der Waals surface area contributed by atoms with Gasteiger partial charge in [-0.1, -0.05) is 13.8 Å². The average Bonchev–Trinajstić information content (AvgIpc) is 2.61. The minimum absolute atomic E-state index is 0.0116. The van der Waals surface area contributed by atoms with Crippen LogP contribution < -0.4 is 4.90 Å². The van der Waals surface area contributed by atoms with E-state index in [0.717, 1.165) is 6.42 Å². The van der Waals surface area contributed by atoms with Gasteiger partial charge in [0.1, 0.15) is 5.69 Å². The van der Waals surface area contributed by atoms with Crippen molar-refractivity contribution in [2.75, 3.05) is 44.3 Å². The standard InChI is InChI=1S/C17H25N3O5S/c1-13-9-14(2)12-19(11-13)26(23,24)15-3-4-16(17(10-15)20(21)22)18-5-7-25-8-6-18/h3-4,10,13-14H,5-9,11-12H2,1-2H3/t13-,14+. The zero-order valence-corrected chi connectivity index (χ0v) is 15.9. The topological polar surface area (TPSA) is 93.0 Å². The third-order valence-electron chi connectivity index (χ3n) is 4.97. The lowest BCUT2D eigenvalue weighted by Crippen LogP contribution is -2.42. The second kappa shape index (κ2) is 7.50. The summed E-state index contributed by atoms with van der Waals surface area (Å²) in [5, 5.41) is 11.6. The van der Waals surface area contributed by atoms with Crippen molar-refractivity contribution in [2.24, 2.45) is 11.8 Å². The monoisotopic (exact) mass is 383 g/mol. The first-order valence-corrected chi connectivity index (χ1v) is 10.3. The minimum Gasteiger partial charge on any atom is -0.378 e. The van der Waals surface area contributed by atoms with Crippen molar-refractivity contribution in [3.63, 3.8) is 0 Å². The van der Waals surface area contributed by atoms with E-state index in [4.69, 9.17) is 4.74 Å². The molecule has 1 aromatic rings. The van der Waals surface area contributed by atoms with Crippen molar-refractivity contribution in [1.29, 1.82) is 0 Å². The van der Waals surface area contributed by atoms with Crippen LogP contribution in [0.4, 0.5) is 11.4 Å². The lowest BCUT2D eigenvalue weighted by molar-refractivity contribution is -0.384. The molecule has 0 unspecified atom stereocenters. The summed E-state index contributed by atoms with van der Waals surface area (Å²) >= 11 is 0. The Bertz CT molecular complexity index is 767. The van der Waals surface area contributed by atoms with E-state index < -0.39 is 14.9 Å². The fraction of sp³-hybridized carbons (Fsp3) is 0.647. The number of piperidine rings is 1. The molecule has 0 radical (unpaired) electrons. The van der Waals surface area contributed by atoms with Crippen LogP contribution >= 0.6 is 0 Å². The highest BCUT2D eigenvalue weighted by Gasteiger charge is 2.33. The molecule has 144 valence electrons. The van der Waals surface area contributed by atoms with Crippen molar-refractivity contribution in [3.8, 4) is 0 Å². The normalized spacial score (nSPS) is 25.2. The number of nitro benzene ring substituents is 1. The molecule has 26 heavy (non-hydrogen) atoms. The molecule has 9 heteroatoms. The van der Waals surface area contributed by atoms with E-state index in [1.54, 1.807) is 6.07 Å². The van der Waals surface area contributed by atoms with Gasteiger partial charge in [0.2, 0.25) is 10.0 Å². The van der Waals surface area contributed by atoms with E-state index in [-0.39, 0.29) is 22.4 Å². The first kappa shape index (κ1) is 19.1. The fourth-order valence-electron chi connectivity index (χ4n) is 3.83. The van der Waals surface area contributed by atoms with Crippen molar-refractivity contribution in [2.45, 2.75) is 25.2 Å². The summed E-state index contributed by atoms with van der Waals surface area (Å²) in [6.45, 7) is 7.06. The first-order chi connectivity index (χ1) is 12.3. The third-order valence-corrected chi connectivity index (χ3v) is 6.80. The Labute approximate surface area is 153 Å². The molecule has 2 heterocycles. The maximum absolute atomic E-state index is 13.0. The number of sulfonamides is 1. The molecule has 0 N–H and O–H groups in total. The van der Waals surface area contributed by atoms with Gasteiger partial charge in [0, 0.05) is 32.2 Å². The van der Waals surface area contributed by atoms with E-state index in [1.165, 1.54) is 16.4 Å². The van der Waals surface area contributed by atoms with E-state index in [0.29, 0.717) is 45.1 Å². The summed E-state index contributed by atoms with van der Waals surface area (Å²) in [4.78, 5) is 12.9. The van der Waals surface area contributed by atoms with Gasteiger partial charge < -0.3 is 9.64 Å². The molecule has 0 aromatic heterocycles. The van der Waals surface area contributed by atoms with Gasteiger partial charge in [-0.05, 0) is 30.4 Å². The molecular formula is C17H25N3O5S. The summed E-state index contributed by atoms with van der Waals surface area (Å²) in [6.07, 6.45) is 0.988.